The molecular weight excluding hydrogens is 225 g/mol. The summed E-state index contributed by atoms with van der Waals surface area (Å²) in [6, 6.07) is 3.30. The van der Waals surface area contributed by atoms with Crippen molar-refractivity contribution in [3.63, 3.8) is 0 Å². The predicted octanol–water partition coefficient (Wildman–Crippen LogP) is 2.82. The minimum atomic E-state index is 0.326. The van der Waals surface area contributed by atoms with E-state index < -0.39 is 0 Å². The Morgan fingerprint density at radius 1 is 1.36 bits per heavy atom. The first-order valence-electron chi connectivity index (χ1n) is 3.96. The van der Waals surface area contributed by atoms with Gasteiger partial charge in [0.05, 0.1) is 18.7 Å². The topological polar surface area (TPSA) is 32.7 Å². The molecule has 1 N–H and O–H groups in total. The molecule has 5 heteroatoms. The number of hydroxylamine groups is 2. The summed E-state index contributed by atoms with van der Waals surface area (Å²) >= 11 is 11.8. The average Bonchev–Trinajstić information content (AvgIpc) is 2.09. The lowest BCUT2D eigenvalue weighted by atomic mass is 10.2. The summed E-state index contributed by atoms with van der Waals surface area (Å²) in [5.74, 6) is 0.549. The maximum Gasteiger partial charge on any atom is 0.137 e. The SMILES string of the molecule is COc1cc(CN(C)O)c(Cl)cc1Cl. The van der Waals surface area contributed by atoms with Crippen LogP contribution in [0.15, 0.2) is 12.1 Å². The molecule has 0 bridgehead atoms. The van der Waals surface area contributed by atoms with E-state index in [0.717, 1.165) is 10.6 Å². The molecule has 78 valence electrons. The molecule has 0 saturated carbocycles. The van der Waals surface area contributed by atoms with Crippen LogP contribution in [0.4, 0.5) is 0 Å². The Bertz CT molecular complexity index is 329. The maximum absolute atomic E-state index is 9.06. The van der Waals surface area contributed by atoms with Crippen LogP contribution in [0.3, 0.4) is 0 Å². The van der Waals surface area contributed by atoms with E-state index in [1.54, 1.807) is 12.1 Å². The molecule has 1 aromatic carbocycles. The van der Waals surface area contributed by atoms with Crippen molar-refractivity contribution in [2.45, 2.75) is 6.54 Å². The van der Waals surface area contributed by atoms with Crippen molar-refractivity contribution in [3.05, 3.63) is 27.7 Å². The van der Waals surface area contributed by atoms with Gasteiger partial charge in [-0.25, -0.2) is 0 Å². The van der Waals surface area contributed by atoms with Crippen LogP contribution in [0.1, 0.15) is 5.56 Å². The highest BCUT2D eigenvalue weighted by atomic mass is 35.5. The van der Waals surface area contributed by atoms with Crippen LogP contribution in [0, 0.1) is 0 Å². The van der Waals surface area contributed by atoms with E-state index in [-0.39, 0.29) is 0 Å². The lowest BCUT2D eigenvalue weighted by Gasteiger charge is -2.12. The van der Waals surface area contributed by atoms with E-state index >= 15 is 0 Å². The monoisotopic (exact) mass is 235 g/mol. The minimum Gasteiger partial charge on any atom is -0.495 e. The van der Waals surface area contributed by atoms with Crippen LogP contribution >= 0.6 is 23.2 Å². The van der Waals surface area contributed by atoms with Crippen molar-refractivity contribution in [1.82, 2.24) is 5.06 Å². The number of hydrogen-bond acceptors (Lipinski definition) is 3. The van der Waals surface area contributed by atoms with Crippen LogP contribution in [-0.2, 0) is 6.54 Å². The molecule has 0 aliphatic carbocycles. The predicted molar refractivity (Wildman–Crippen MR) is 56.3 cm³/mol. The molecular formula is C9H11Cl2NO2. The Kier molecular flexibility index (Phi) is 4.01. The lowest BCUT2D eigenvalue weighted by Crippen LogP contribution is -2.12. The summed E-state index contributed by atoms with van der Waals surface area (Å²) < 4.78 is 5.03. The summed E-state index contributed by atoms with van der Waals surface area (Å²) in [6.07, 6.45) is 0. The number of halogens is 2. The zero-order chi connectivity index (χ0) is 10.7. The standard InChI is InChI=1S/C9H11Cl2NO2/c1-12(13)5-6-3-9(14-2)8(11)4-7(6)10/h3-4,13H,5H2,1-2H3. The van der Waals surface area contributed by atoms with Crippen molar-refractivity contribution in [1.29, 1.82) is 0 Å². The molecule has 0 radical (unpaired) electrons. The third kappa shape index (κ3) is 2.75. The second kappa shape index (κ2) is 4.84. The third-order valence-corrected chi connectivity index (χ3v) is 2.37. The van der Waals surface area contributed by atoms with E-state index in [0.29, 0.717) is 22.3 Å². The fourth-order valence-corrected chi connectivity index (χ4v) is 1.62. The van der Waals surface area contributed by atoms with Gasteiger partial charge in [0.1, 0.15) is 5.75 Å². The Balaban J connectivity index is 3.04. The van der Waals surface area contributed by atoms with Crippen molar-refractivity contribution in [2.75, 3.05) is 14.2 Å². The summed E-state index contributed by atoms with van der Waals surface area (Å²) in [5, 5.41) is 11.1. The maximum atomic E-state index is 9.06. The van der Waals surface area contributed by atoms with E-state index in [2.05, 4.69) is 0 Å². The molecule has 1 aromatic rings. The van der Waals surface area contributed by atoms with Gasteiger partial charge < -0.3 is 9.94 Å². The highest BCUT2D eigenvalue weighted by molar-refractivity contribution is 6.36. The van der Waals surface area contributed by atoms with Crippen molar-refractivity contribution < 1.29 is 9.94 Å². The van der Waals surface area contributed by atoms with Crippen molar-refractivity contribution in [2.24, 2.45) is 0 Å². The van der Waals surface area contributed by atoms with Gasteiger partial charge in [0.25, 0.3) is 0 Å². The van der Waals surface area contributed by atoms with Gasteiger partial charge in [0, 0.05) is 12.1 Å². The number of nitrogens with zero attached hydrogens (tertiary/aromatic N) is 1. The molecule has 0 unspecified atom stereocenters. The number of ether oxygens (including phenoxy) is 1. The van der Waals surface area contributed by atoms with Crippen LogP contribution < -0.4 is 4.74 Å². The first-order valence-corrected chi connectivity index (χ1v) is 4.72. The van der Waals surface area contributed by atoms with Crippen molar-refractivity contribution in [3.8, 4) is 5.75 Å². The average molecular weight is 236 g/mol. The van der Waals surface area contributed by atoms with Gasteiger partial charge >= 0.3 is 0 Å². The van der Waals surface area contributed by atoms with Crippen molar-refractivity contribution >= 4 is 23.2 Å². The van der Waals surface area contributed by atoms with Crippen LogP contribution in [0.2, 0.25) is 10.0 Å². The Hall–Kier alpha value is -0.480. The Morgan fingerprint density at radius 3 is 2.50 bits per heavy atom. The zero-order valence-electron chi connectivity index (χ0n) is 7.92. The molecule has 0 saturated heterocycles. The smallest absolute Gasteiger partial charge is 0.137 e. The number of hydrogen-bond donors (Lipinski definition) is 1. The molecule has 0 amide bonds. The first-order chi connectivity index (χ1) is 6.54. The summed E-state index contributed by atoms with van der Waals surface area (Å²) in [5.41, 5.74) is 0.762. The molecule has 0 atom stereocenters. The molecule has 0 spiro atoms. The van der Waals surface area contributed by atoms with Gasteiger partial charge in [-0.3, -0.25) is 0 Å². The number of methoxy groups -OCH3 is 1. The van der Waals surface area contributed by atoms with Crippen LogP contribution in [-0.4, -0.2) is 24.4 Å². The van der Waals surface area contributed by atoms with E-state index in [1.165, 1.54) is 14.2 Å². The largest absolute Gasteiger partial charge is 0.495 e. The summed E-state index contributed by atoms with van der Waals surface area (Å²) in [7, 11) is 3.07. The number of benzene rings is 1. The van der Waals surface area contributed by atoms with E-state index in [4.69, 9.17) is 33.1 Å². The van der Waals surface area contributed by atoms with Gasteiger partial charge in [-0.15, -0.1) is 0 Å². The molecule has 0 aromatic heterocycles. The summed E-state index contributed by atoms with van der Waals surface area (Å²) in [6.45, 7) is 0.326. The highest BCUT2D eigenvalue weighted by Gasteiger charge is 2.08. The van der Waals surface area contributed by atoms with Gasteiger partial charge in [0.15, 0.2) is 0 Å². The lowest BCUT2D eigenvalue weighted by molar-refractivity contribution is -0.0731. The van der Waals surface area contributed by atoms with Gasteiger partial charge in [-0.2, -0.15) is 5.06 Å². The second-order valence-electron chi connectivity index (χ2n) is 2.89. The highest BCUT2D eigenvalue weighted by Crippen LogP contribution is 2.31. The molecule has 0 fully saturated rings. The molecule has 0 aliphatic rings. The first kappa shape index (κ1) is 11.6. The summed E-state index contributed by atoms with van der Waals surface area (Å²) in [4.78, 5) is 0. The molecule has 3 nitrogen and oxygen atoms in total. The van der Waals surface area contributed by atoms with Gasteiger partial charge in [0.2, 0.25) is 0 Å². The van der Waals surface area contributed by atoms with Crippen LogP contribution in [0.25, 0.3) is 0 Å². The fraction of sp³-hybridized carbons (Fsp3) is 0.333. The van der Waals surface area contributed by atoms with E-state index in [9.17, 15) is 0 Å². The van der Waals surface area contributed by atoms with Crippen LogP contribution in [0.5, 0.6) is 5.75 Å². The third-order valence-electron chi connectivity index (χ3n) is 1.72. The molecule has 1 rings (SSSR count). The minimum absolute atomic E-state index is 0.326. The Labute approximate surface area is 92.8 Å². The molecule has 0 heterocycles. The Morgan fingerprint density at radius 2 is 2.00 bits per heavy atom. The number of rotatable bonds is 3. The van der Waals surface area contributed by atoms with E-state index in [1.807, 2.05) is 0 Å². The quantitative estimate of drug-likeness (QED) is 0.819. The fourth-order valence-electron chi connectivity index (χ4n) is 1.10. The van der Waals surface area contributed by atoms with Gasteiger partial charge in [-0.05, 0) is 17.7 Å². The normalized spacial score (nSPS) is 10.7. The second-order valence-corrected chi connectivity index (χ2v) is 3.71. The zero-order valence-corrected chi connectivity index (χ0v) is 9.43. The molecule has 14 heavy (non-hydrogen) atoms. The molecule has 0 aliphatic heterocycles. The van der Waals surface area contributed by atoms with Gasteiger partial charge in [-0.1, -0.05) is 23.2 Å².